The summed E-state index contributed by atoms with van der Waals surface area (Å²) in [7, 11) is 0. The lowest BCUT2D eigenvalue weighted by atomic mass is 9.94. The third kappa shape index (κ3) is 4.38. The second-order valence-electron chi connectivity index (χ2n) is 13.4. The van der Waals surface area contributed by atoms with Crippen LogP contribution < -0.4 is 4.90 Å². The quantitative estimate of drug-likeness (QED) is 0.190. The molecule has 0 amide bonds. The Kier molecular flexibility index (Phi) is 6.28. The highest BCUT2D eigenvalue weighted by atomic mass is 32.1. The van der Waals surface area contributed by atoms with E-state index in [1.54, 1.807) is 0 Å². The Balaban J connectivity index is 1.43. The Morgan fingerprint density at radius 1 is 0.511 bits per heavy atom. The SMILES string of the molecule is CC(C)(C)n1c2ccccc2c2ccc(N(c3ccc4ccccc4c3-c3ccccc3)c3cccc4sc5ccccc5c34)cc21. The molecule has 2 aromatic heterocycles. The second kappa shape index (κ2) is 10.6. The molecule has 0 saturated heterocycles. The van der Waals surface area contributed by atoms with Gasteiger partial charge < -0.3 is 9.47 Å². The smallest absolute Gasteiger partial charge is 0.0555 e. The van der Waals surface area contributed by atoms with Crippen molar-refractivity contribution >= 4 is 81.1 Å². The molecule has 0 fully saturated rings. The minimum absolute atomic E-state index is 0.105. The molecule has 9 rings (SSSR count). The summed E-state index contributed by atoms with van der Waals surface area (Å²) in [5.41, 5.74) is 8.33. The molecule has 9 aromatic rings. The lowest BCUT2D eigenvalue weighted by Gasteiger charge is -2.30. The molecule has 0 aliphatic rings. The van der Waals surface area contributed by atoms with E-state index >= 15 is 0 Å². The maximum Gasteiger partial charge on any atom is 0.0555 e. The zero-order chi connectivity index (χ0) is 31.7. The predicted molar refractivity (Wildman–Crippen MR) is 205 cm³/mol. The zero-order valence-corrected chi connectivity index (χ0v) is 27.6. The summed E-state index contributed by atoms with van der Waals surface area (Å²) in [6.07, 6.45) is 0. The number of hydrogen-bond acceptors (Lipinski definition) is 2. The van der Waals surface area contributed by atoms with Crippen molar-refractivity contribution < 1.29 is 0 Å². The standard InChI is InChI=1S/C44H34N2S/c1-44(2,3)46-36-20-11-9-18-33(36)34-26-25-31(28-39(34)46)45(37-21-13-23-41-43(37)35-19-10-12-22-40(35)47-41)38-27-24-29-14-7-8-17-32(29)42(38)30-15-5-4-6-16-30/h4-28H,1-3H3. The van der Waals surface area contributed by atoms with Gasteiger partial charge in [-0.3, -0.25) is 0 Å². The van der Waals surface area contributed by atoms with Crippen LogP contribution in [0.3, 0.4) is 0 Å². The van der Waals surface area contributed by atoms with Crippen LogP contribution in [0.25, 0.3) is 63.9 Å². The van der Waals surface area contributed by atoms with E-state index in [2.05, 4.69) is 182 Å². The fourth-order valence-electron chi connectivity index (χ4n) is 7.53. The van der Waals surface area contributed by atoms with Crippen LogP contribution >= 0.6 is 11.3 Å². The Bertz CT molecular complexity index is 2620. The molecular weight excluding hydrogens is 589 g/mol. The molecule has 0 aliphatic carbocycles. The molecule has 0 bridgehead atoms. The molecule has 2 heterocycles. The van der Waals surface area contributed by atoms with Crippen LogP contribution in [0, 0.1) is 0 Å². The van der Waals surface area contributed by atoms with Gasteiger partial charge in [-0.25, -0.2) is 0 Å². The number of hydrogen-bond donors (Lipinski definition) is 0. The Labute approximate surface area is 278 Å². The first-order chi connectivity index (χ1) is 23.0. The molecule has 0 saturated carbocycles. The fourth-order valence-corrected chi connectivity index (χ4v) is 8.65. The van der Waals surface area contributed by atoms with E-state index in [-0.39, 0.29) is 5.54 Å². The number of anilines is 3. The van der Waals surface area contributed by atoms with Gasteiger partial charge in [-0.15, -0.1) is 11.3 Å². The number of nitrogens with zero attached hydrogens (tertiary/aromatic N) is 2. The van der Waals surface area contributed by atoms with Gasteiger partial charge in [0.25, 0.3) is 0 Å². The Hall–Kier alpha value is -5.38. The van der Waals surface area contributed by atoms with Gasteiger partial charge in [-0.1, -0.05) is 109 Å². The van der Waals surface area contributed by atoms with Gasteiger partial charge >= 0.3 is 0 Å². The molecule has 0 spiro atoms. The molecule has 3 heteroatoms. The van der Waals surface area contributed by atoms with Crippen molar-refractivity contribution in [1.82, 2.24) is 4.57 Å². The minimum atomic E-state index is -0.105. The van der Waals surface area contributed by atoms with Gasteiger partial charge in [0.2, 0.25) is 0 Å². The van der Waals surface area contributed by atoms with Crippen LogP contribution in [0.15, 0.2) is 152 Å². The summed E-state index contributed by atoms with van der Waals surface area (Å²) in [6.45, 7) is 6.91. The van der Waals surface area contributed by atoms with E-state index in [9.17, 15) is 0 Å². The van der Waals surface area contributed by atoms with E-state index in [4.69, 9.17) is 0 Å². The molecule has 7 aromatic carbocycles. The maximum absolute atomic E-state index is 2.51. The van der Waals surface area contributed by atoms with Gasteiger partial charge in [-0.2, -0.15) is 0 Å². The summed E-state index contributed by atoms with van der Waals surface area (Å²) >= 11 is 1.87. The van der Waals surface area contributed by atoms with Gasteiger partial charge in [0.1, 0.15) is 0 Å². The van der Waals surface area contributed by atoms with Crippen molar-refractivity contribution in [3.8, 4) is 11.1 Å². The van der Waals surface area contributed by atoms with E-state index in [0.29, 0.717) is 0 Å². The second-order valence-corrected chi connectivity index (χ2v) is 14.4. The van der Waals surface area contributed by atoms with Crippen molar-refractivity contribution in [2.45, 2.75) is 26.3 Å². The largest absolute Gasteiger partial charge is 0.335 e. The summed E-state index contributed by atoms with van der Waals surface area (Å²) in [5.74, 6) is 0. The van der Waals surface area contributed by atoms with Crippen LogP contribution in [0.1, 0.15) is 20.8 Å². The molecule has 0 atom stereocenters. The first-order valence-electron chi connectivity index (χ1n) is 16.3. The molecule has 47 heavy (non-hydrogen) atoms. The van der Waals surface area contributed by atoms with Crippen LogP contribution in [-0.2, 0) is 5.54 Å². The summed E-state index contributed by atoms with van der Waals surface area (Å²) < 4.78 is 5.11. The van der Waals surface area contributed by atoms with Crippen molar-refractivity contribution in [3.05, 3.63) is 152 Å². The third-order valence-electron chi connectivity index (χ3n) is 9.42. The number of fused-ring (bicyclic) bond motifs is 7. The van der Waals surface area contributed by atoms with E-state index in [1.165, 1.54) is 69.6 Å². The molecule has 226 valence electrons. The molecular formula is C44H34N2S. The number of benzene rings is 7. The average molecular weight is 623 g/mol. The van der Waals surface area contributed by atoms with Gasteiger partial charge in [0, 0.05) is 53.3 Å². The molecule has 2 nitrogen and oxygen atoms in total. The molecule has 0 aliphatic heterocycles. The Morgan fingerprint density at radius 2 is 1.19 bits per heavy atom. The lowest BCUT2D eigenvalue weighted by molar-refractivity contribution is 0.423. The normalized spacial score (nSPS) is 12.1. The highest BCUT2D eigenvalue weighted by Crippen LogP contribution is 2.49. The van der Waals surface area contributed by atoms with E-state index < -0.39 is 0 Å². The fraction of sp³-hybridized carbons (Fsp3) is 0.0909. The Morgan fingerprint density at radius 3 is 2.02 bits per heavy atom. The summed E-state index contributed by atoms with van der Waals surface area (Å²) in [5, 5.41) is 7.63. The highest BCUT2D eigenvalue weighted by molar-refractivity contribution is 7.26. The van der Waals surface area contributed by atoms with Gasteiger partial charge in [0.15, 0.2) is 0 Å². The number of para-hydroxylation sites is 1. The van der Waals surface area contributed by atoms with Gasteiger partial charge in [0.05, 0.1) is 16.9 Å². The monoisotopic (exact) mass is 622 g/mol. The van der Waals surface area contributed by atoms with E-state index in [1.807, 2.05) is 11.3 Å². The predicted octanol–water partition coefficient (Wildman–Crippen LogP) is 13.2. The van der Waals surface area contributed by atoms with Crippen LogP contribution in [0.2, 0.25) is 0 Å². The number of thiophene rings is 1. The molecule has 0 radical (unpaired) electrons. The number of aromatic nitrogens is 1. The number of rotatable bonds is 4. The van der Waals surface area contributed by atoms with Crippen LogP contribution in [-0.4, -0.2) is 4.57 Å². The van der Waals surface area contributed by atoms with Crippen molar-refractivity contribution in [3.63, 3.8) is 0 Å². The summed E-state index contributed by atoms with van der Waals surface area (Å²) in [6, 6.07) is 55.7. The topological polar surface area (TPSA) is 8.17 Å². The molecule has 0 N–H and O–H groups in total. The van der Waals surface area contributed by atoms with Crippen LogP contribution in [0.4, 0.5) is 17.1 Å². The van der Waals surface area contributed by atoms with Crippen LogP contribution in [0.5, 0.6) is 0 Å². The third-order valence-corrected chi connectivity index (χ3v) is 10.6. The van der Waals surface area contributed by atoms with Gasteiger partial charge in [-0.05, 0) is 79.6 Å². The zero-order valence-electron chi connectivity index (χ0n) is 26.7. The lowest BCUT2D eigenvalue weighted by Crippen LogP contribution is -2.21. The first-order valence-corrected chi connectivity index (χ1v) is 17.1. The summed E-state index contributed by atoms with van der Waals surface area (Å²) in [4.78, 5) is 2.51. The minimum Gasteiger partial charge on any atom is -0.335 e. The van der Waals surface area contributed by atoms with Crippen molar-refractivity contribution in [2.24, 2.45) is 0 Å². The van der Waals surface area contributed by atoms with E-state index in [0.717, 1.165) is 11.4 Å². The maximum atomic E-state index is 2.51. The average Bonchev–Trinajstić information content (AvgIpc) is 3.65. The first kappa shape index (κ1) is 27.9. The van der Waals surface area contributed by atoms with Crippen molar-refractivity contribution in [1.29, 1.82) is 0 Å². The highest BCUT2D eigenvalue weighted by Gasteiger charge is 2.25. The van der Waals surface area contributed by atoms with Crippen molar-refractivity contribution in [2.75, 3.05) is 4.90 Å². The molecule has 0 unspecified atom stereocenters.